The maximum Gasteiger partial charge on any atom is 0.387 e. The number of hydrogen-bond donors (Lipinski definition) is 0. The highest BCUT2D eigenvalue weighted by molar-refractivity contribution is 5.78. The lowest BCUT2D eigenvalue weighted by molar-refractivity contribution is -0.150. The van der Waals surface area contributed by atoms with E-state index in [0.29, 0.717) is 37.4 Å². The molecule has 192 valence electrons. The van der Waals surface area contributed by atoms with Gasteiger partial charge in [0.1, 0.15) is 11.4 Å². The molecule has 1 fully saturated rings. The zero-order valence-electron chi connectivity index (χ0n) is 20.8. The van der Waals surface area contributed by atoms with Crippen molar-refractivity contribution in [2.24, 2.45) is 5.41 Å². The van der Waals surface area contributed by atoms with Crippen LogP contribution in [0.1, 0.15) is 30.3 Å². The fourth-order valence-corrected chi connectivity index (χ4v) is 4.81. The summed E-state index contributed by atoms with van der Waals surface area (Å²) >= 11 is 0. The van der Waals surface area contributed by atoms with Gasteiger partial charge in [0.15, 0.2) is 0 Å². The number of pyridine rings is 1. The number of rotatable bonds is 7. The van der Waals surface area contributed by atoms with E-state index in [1.54, 1.807) is 36.7 Å². The van der Waals surface area contributed by atoms with Crippen molar-refractivity contribution < 1.29 is 23.0 Å². The number of aromatic nitrogens is 4. The Hall–Kier alpha value is -4.08. The summed E-state index contributed by atoms with van der Waals surface area (Å²) in [4.78, 5) is 27.9. The third-order valence-corrected chi connectivity index (χ3v) is 6.87. The molecule has 1 aliphatic heterocycles. The van der Waals surface area contributed by atoms with Gasteiger partial charge in [-0.1, -0.05) is 18.2 Å². The number of benzene rings is 1. The van der Waals surface area contributed by atoms with Crippen LogP contribution in [0.15, 0.2) is 55.0 Å². The van der Waals surface area contributed by atoms with Crippen LogP contribution in [0.3, 0.4) is 0 Å². The van der Waals surface area contributed by atoms with Crippen molar-refractivity contribution in [2.45, 2.75) is 33.3 Å². The van der Waals surface area contributed by atoms with Gasteiger partial charge in [0.05, 0.1) is 18.2 Å². The summed E-state index contributed by atoms with van der Waals surface area (Å²) in [5, 5.41) is 0. The molecule has 0 radical (unpaired) electrons. The van der Waals surface area contributed by atoms with Crippen LogP contribution in [-0.4, -0.2) is 52.1 Å². The number of anilines is 1. The average Bonchev–Trinajstić information content (AvgIpc) is 3.44. The molecule has 0 bridgehead atoms. The maximum atomic E-state index is 12.9. The highest BCUT2D eigenvalue weighted by atomic mass is 19.3. The summed E-state index contributed by atoms with van der Waals surface area (Å²) in [6, 6.07) is 10.6. The Balaban J connectivity index is 1.41. The first-order chi connectivity index (χ1) is 17.8. The number of ether oxygens (including phenoxy) is 2. The largest absolute Gasteiger partial charge is 0.469 e. The second-order valence-corrected chi connectivity index (χ2v) is 9.45. The van der Waals surface area contributed by atoms with E-state index < -0.39 is 12.0 Å². The minimum Gasteiger partial charge on any atom is -0.469 e. The summed E-state index contributed by atoms with van der Waals surface area (Å²) < 4.78 is 37.4. The number of aryl methyl sites for hydroxylation is 1. The molecule has 5 rings (SSSR count). The monoisotopic (exact) mass is 507 g/mol. The van der Waals surface area contributed by atoms with E-state index in [2.05, 4.69) is 15.0 Å². The van der Waals surface area contributed by atoms with Gasteiger partial charge >= 0.3 is 12.6 Å². The Labute approximate surface area is 212 Å². The van der Waals surface area contributed by atoms with E-state index in [1.165, 1.54) is 7.11 Å². The van der Waals surface area contributed by atoms with Crippen LogP contribution in [0.25, 0.3) is 16.8 Å². The molecule has 37 heavy (non-hydrogen) atoms. The van der Waals surface area contributed by atoms with Crippen LogP contribution in [-0.2, 0) is 16.0 Å². The molecule has 0 saturated carbocycles. The Bertz CT molecular complexity index is 1440. The molecule has 0 spiro atoms. The summed E-state index contributed by atoms with van der Waals surface area (Å²) in [5.41, 5.74) is 4.21. The molecule has 8 nitrogen and oxygen atoms in total. The number of carbonyl (C=O) groups excluding carboxylic acids is 1. The highest BCUT2D eigenvalue weighted by Crippen LogP contribution is 2.33. The lowest BCUT2D eigenvalue weighted by atomic mass is 9.90. The van der Waals surface area contributed by atoms with Crippen LogP contribution in [0.4, 0.5) is 14.7 Å². The minimum atomic E-state index is -2.89. The summed E-state index contributed by atoms with van der Waals surface area (Å²) in [6.07, 6.45) is 6.52. The lowest BCUT2D eigenvalue weighted by Crippen LogP contribution is -2.33. The van der Waals surface area contributed by atoms with E-state index in [4.69, 9.17) is 9.47 Å². The molecular formula is C27H27F2N5O3. The van der Waals surface area contributed by atoms with Crippen molar-refractivity contribution in [3.05, 3.63) is 71.9 Å². The van der Waals surface area contributed by atoms with Crippen LogP contribution in [0.2, 0.25) is 0 Å². The standard InChI is InChI=1S/C27H27F2N5O3/c1-17-21(12-18-6-4-5-7-22(18)37-25(28)29)34-15-19(8-9-23(34)32-17)20-13-30-26(31-14-20)33-11-10-27(2,16-33)24(35)36-3/h4-9,13-15,25H,10-12,16H2,1-3H3. The number of methoxy groups -OCH3 is 1. The number of carbonyl (C=O) groups is 1. The van der Waals surface area contributed by atoms with Gasteiger partial charge in [0.25, 0.3) is 0 Å². The van der Waals surface area contributed by atoms with Gasteiger partial charge in [-0.05, 0) is 38.5 Å². The molecule has 1 saturated heterocycles. The van der Waals surface area contributed by atoms with E-state index in [1.807, 2.05) is 41.5 Å². The van der Waals surface area contributed by atoms with Crippen molar-refractivity contribution in [3.8, 4) is 16.9 Å². The zero-order valence-corrected chi connectivity index (χ0v) is 20.8. The second-order valence-electron chi connectivity index (χ2n) is 9.45. The quantitative estimate of drug-likeness (QED) is 0.336. The lowest BCUT2D eigenvalue weighted by Gasteiger charge is -2.21. The van der Waals surface area contributed by atoms with E-state index in [0.717, 1.165) is 28.2 Å². The number of para-hydroxylation sites is 1. The third kappa shape index (κ3) is 4.83. The molecule has 0 N–H and O–H groups in total. The molecule has 1 aromatic carbocycles. The van der Waals surface area contributed by atoms with Gasteiger partial charge in [-0.25, -0.2) is 15.0 Å². The second kappa shape index (κ2) is 9.76. The number of fused-ring (bicyclic) bond motifs is 1. The van der Waals surface area contributed by atoms with E-state index in [9.17, 15) is 13.6 Å². The molecule has 4 aromatic rings. The number of hydrogen-bond acceptors (Lipinski definition) is 7. The van der Waals surface area contributed by atoms with Crippen molar-refractivity contribution in [1.82, 2.24) is 19.4 Å². The average molecular weight is 508 g/mol. The molecule has 4 heterocycles. The van der Waals surface area contributed by atoms with Crippen molar-refractivity contribution in [1.29, 1.82) is 0 Å². The van der Waals surface area contributed by atoms with Crippen molar-refractivity contribution in [3.63, 3.8) is 0 Å². The van der Waals surface area contributed by atoms with Gasteiger partial charge in [-0.15, -0.1) is 0 Å². The molecule has 1 aliphatic rings. The fourth-order valence-electron chi connectivity index (χ4n) is 4.81. The normalized spacial score (nSPS) is 17.5. The van der Waals surface area contributed by atoms with Crippen LogP contribution < -0.4 is 9.64 Å². The number of esters is 1. The molecule has 0 aliphatic carbocycles. The first kappa shape index (κ1) is 24.6. The van der Waals surface area contributed by atoms with Gasteiger partial charge in [0.2, 0.25) is 5.95 Å². The van der Waals surface area contributed by atoms with Crippen molar-refractivity contribution >= 4 is 17.6 Å². The zero-order chi connectivity index (χ0) is 26.2. The Kier molecular flexibility index (Phi) is 6.49. The highest BCUT2D eigenvalue weighted by Gasteiger charge is 2.42. The first-order valence-corrected chi connectivity index (χ1v) is 11.9. The maximum absolute atomic E-state index is 12.9. The predicted octanol–water partition coefficient (Wildman–Crippen LogP) is 4.68. The fraction of sp³-hybridized carbons (Fsp3) is 0.333. The molecular weight excluding hydrogens is 480 g/mol. The van der Waals surface area contributed by atoms with Crippen molar-refractivity contribution in [2.75, 3.05) is 25.1 Å². The SMILES string of the molecule is COC(=O)C1(C)CCN(c2ncc(-c3ccc4nc(C)c(Cc5ccccc5OC(F)F)n4c3)cn2)C1. The van der Waals surface area contributed by atoms with Gasteiger partial charge in [-0.2, -0.15) is 8.78 Å². The minimum absolute atomic E-state index is 0.150. The summed E-state index contributed by atoms with van der Waals surface area (Å²) in [7, 11) is 1.40. The smallest absolute Gasteiger partial charge is 0.387 e. The Morgan fingerprint density at radius 2 is 1.89 bits per heavy atom. The molecule has 1 unspecified atom stereocenters. The van der Waals surface area contributed by atoms with Gasteiger partial charge in [0, 0.05) is 60.5 Å². The molecule has 0 amide bonds. The number of alkyl halides is 2. The first-order valence-electron chi connectivity index (χ1n) is 11.9. The molecule has 3 aromatic heterocycles. The Morgan fingerprint density at radius 3 is 2.62 bits per heavy atom. The van der Waals surface area contributed by atoms with E-state index in [-0.39, 0.29) is 11.7 Å². The van der Waals surface area contributed by atoms with Gasteiger partial charge < -0.3 is 18.8 Å². The third-order valence-electron chi connectivity index (χ3n) is 6.87. The summed E-state index contributed by atoms with van der Waals surface area (Å²) in [6.45, 7) is 2.07. The topological polar surface area (TPSA) is 81.8 Å². The van der Waals surface area contributed by atoms with Gasteiger partial charge in [-0.3, -0.25) is 4.79 Å². The summed E-state index contributed by atoms with van der Waals surface area (Å²) in [5.74, 6) is 0.485. The number of halogens is 2. The molecule has 1 atom stereocenters. The van der Waals surface area contributed by atoms with Crippen LogP contribution in [0, 0.1) is 12.3 Å². The predicted molar refractivity (Wildman–Crippen MR) is 134 cm³/mol. The Morgan fingerprint density at radius 1 is 1.14 bits per heavy atom. The van der Waals surface area contributed by atoms with Crippen LogP contribution in [0.5, 0.6) is 5.75 Å². The number of imidazole rings is 1. The number of nitrogens with zero attached hydrogens (tertiary/aromatic N) is 5. The van der Waals surface area contributed by atoms with Crippen LogP contribution >= 0.6 is 0 Å². The van der Waals surface area contributed by atoms with E-state index >= 15 is 0 Å². The molecule has 10 heteroatoms.